The van der Waals surface area contributed by atoms with E-state index in [-0.39, 0.29) is 28.8 Å². The van der Waals surface area contributed by atoms with Gasteiger partial charge in [-0.2, -0.15) is 0 Å². The van der Waals surface area contributed by atoms with Gasteiger partial charge in [-0.1, -0.05) is 30.7 Å². The van der Waals surface area contributed by atoms with Crippen LogP contribution in [0.25, 0.3) is 0 Å². The van der Waals surface area contributed by atoms with E-state index in [0.717, 1.165) is 43.4 Å². The Morgan fingerprint density at radius 3 is 2.68 bits per heavy atom. The predicted octanol–water partition coefficient (Wildman–Crippen LogP) is 3.33. The largest absolute Gasteiger partial charge is 0.487 e. The molecule has 1 atom stereocenters. The molecule has 2 heterocycles. The summed E-state index contributed by atoms with van der Waals surface area (Å²) >= 11 is 0. The second kappa shape index (κ2) is 6.39. The Hall–Kier alpha value is -2.56. The van der Waals surface area contributed by atoms with E-state index in [1.807, 2.05) is 24.3 Å². The van der Waals surface area contributed by atoms with Crippen LogP contribution in [0.4, 0.5) is 0 Å². The van der Waals surface area contributed by atoms with E-state index in [1.54, 1.807) is 12.1 Å². The first-order valence-electron chi connectivity index (χ1n) is 8.93. The maximum atomic E-state index is 12.6. The van der Waals surface area contributed by atoms with Gasteiger partial charge in [0.25, 0.3) is 5.91 Å². The predicted molar refractivity (Wildman–Crippen MR) is 94.8 cm³/mol. The highest BCUT2D eigenvalue weighted by Gasteiger charge is 2.42. The average molecular weight is 338 g/mol. The number of benzene rings is 1. The Bertz CT molecular complexity index is 837. The second-order valence-electron chi connectivity index (χ2n) is 7.04. The van der Waals surface area contributed by atoms with Gasteiger partial charge in [0, 0.05) is 18.1 Å². The Labute approximate surface area is 146 Å². The lowest BCUT2D eigenvalue weighted by atomic mass is 9.77. The van der Waals surface area contributed by atoms with Crippen molar-refractivity contribution in [1.82, 2.24) is 10.3 Å². The summed E-state index contributed by atoms with van der Waals surface area (Å²) in [5.74, 6) is 0.605. The third-order valence-electron chi connectivity index (χ3n) is 5.28. The van der Waals surface area contributed by atoms with Gasteiger partial charge in [0.15, 0.2) is 0 Å². The maximum absolute atomic E-state index is 12.6. The number of H-pyrrole nitrogens is 1. The average Bonchev–Trinajstić information content (AvgIpc) is 2.62. The van der Waals surface area contributed by atoms with Crippen LogP contribution in [-0.2, 0) is 0 Å². The van der Waals surface area contributed by atoms with Crippen molar-refractivity contribution < 1.29 is 9.53 Å². The number of carbonyl (C=O) groups is 1. The Balaban J connectivity index is 1.63. The Morgan fingerprint density at radius 1 is 1.08 bits per heavy atom. The summed E-state index contributed by atoms with van der Waals surface area (Å²) in [7, 11) is 0. The zero-order valence-corrected chi connectivity index (χ0v) is 14.1. The molecule has 0 saturated heterocycles. The summed E-state index contributed by atoms with van der Waals surface area (Å²) in [6.07, 6.45) is 6.39. The van der Waals surface area contributed by atoms with Crippen LogP contribution in [0.15, 0.2) is 47.3 Å². The normalized spacial score (nSPS) is 21.2. The monoisotopic (exact) mass is 338 g/mol. The molecule has 2 aliphatic rings. The first-order valence-corrected chi connectivity index (χ1v) is 8.93. The number of aromatic amines is 1. The summed E-state index contributed by atoms with van der Waals surface area (Å²) < 4.78 is 6.39. The highest BCUT2D eigenvalue weighted by atomic mass is 16.5. The van der Waals surface area contributed by atoms with Crippen LogP contribution in [-0.4, -0.2) is 16.5 Å². The number of ether oxygens (including phenoxy) is 1. The van der Waals surface area contributed by atoms with Crippen molar-refractivity contribution in [1.29, 1.82) is 0 Å². The molecule has 5 heteroatoms. The number of nitrogens with one attached hydrogen (secondary N) is 2. The highest BCUT2D eigenvalue weighted by Crippen LogP contribution is 2.46. The van der Waals surface area contributed by atoms with Crippen LogP contribution >= 0.6 is 0 Å². The molecule has 4 rings (SSSR count). The SMILES string of the molecule is O=C(N[C@H]1CC2(CCCCC2)Oc2ccccc21)c1cccc(=O)[nH]1. The van der Waals surface area contributed by atoms with E-state index < -0.39 is 0 Å². The summed E-state index contributed by atoms with van der Waals surface area (Å²) in [4.78, 5) is 26.7. The molecule has 130 valence electrons. The smallest absolute Gasteiger partial charge is 0.268 e. The minimum atomic E-state index is -0.274. The fourth-order valence-corrected chi connectivity index (χ4v) is 4.07. The molecule has 1 fully saturated rings. The molecule has 2 N–H and O–H groups in total. The first kappa shape index (κ1) is 15.9. The van der Waals surface area contributed by atoms with Crippen molar-refractivity contribution in [3.05, 3.63) is 64.1 Å². The summed E-state index contributed by atoms with van der Waals surface area (Å²) in [5.41, 5.74) is 0.831. The van der Waals surface area contributed by atoms with Crippen LogP contribution in [0.1, 0.15) is 60.6 Å². The molecular formula is C20H22N2O3. The number of fused-ring (bicyclic) bond motifs is 1. The summed E-state index contributed by atoms with van der Waals surface area (Å²) in [6.45, 7) is 0. The molecule has 1 aliphatic heterocycles. The van der Waals surface area contributed by atoms with Gasteiger partial charge in [0.05, 0.1) is 6.04 Å². The van der Waals surface area contributed by atoms with Gasteiger partial charge in [-0.25, -0.2) is 0 Å². The number of para-hydroxylation sites is 1. The van der Waals surface area contributed by atoms with Crippen molar-refractivity contribution >= 4 is 5.91 Å². The van der Waals surface area contributed by atoms with Crippen molar-refractivity contribution in [2.24, 2.45) is 0 Å². The Kier molecular flexibility index (Phi) is 4.07. The number of amides is 1. The van der Waals surface area contributed by atoms with Gasteiger partial charge in [-0.3, -0.25) is 9.59 Å². The molecule has 1 spiro atoms. The first-order chi connectivity index (χ1) is 12.2. The van der Waals surface area contributed by atoms with Crippen LogP contribution in [0.5, 0.6) is 5.75 Å². The van der Waals surface area contributed by atoms with Gasteiger partial charge < -0.3 is 15.0 Å². The molecule has 1 aliphatic carbocycles. The van der Waals surface area contributed by atoms with Crippen molar-refractivity contribution in [2.45, 2.75) is 50.2 Å². The van der Waals surface area contributed by atoms with Crippen LogP contribution in [0, 0.1) is 0 Å². The lowest BCUT2D eigenvalue weighted by Crippen LogP contribution is -2.46. The van der Waals surface area contributed by atoms with Crippen LogP contribution in [0.3, 0.4) is 0 Å². The molecule has 2 aromatic rings. The molecule has 1 aromatic carbocycles. The van der Waals surface area contributed by atoms with E-state index >= 15 is 0 Å². The van der Waals surface area contributed by atoms with Crippen molar-refractivity contribution in [3.8, 4) is 5.75 Å². The van der Waals surface area contributed by atoms with Crippen LogP contribution < -0.4 is 15.6 Å². The molecular weight excluding hydrogens is 316 g/mol. The minimum absolute atomic E-state index is 0.112. The number of carbonyl (C=O) groups excluding carboxylic acids is 1. The van der Waals surface area contributed by atoms with Gasteiger partial charge in [-0.05, 0) is 37.8 Å². The molecule has 1 amide bonds. The third-order valence-corrected chi connectivity index (χ3v) is 5.28. The molecule has 1 aromatic heterocycles. The van der Waals surface area contributed by atoms with E-state index in [0.29, 0.717) is 0 Å². The topological polar surface area (TPSA) is 71.2 Å². The van der Waals surface area contributed by atoms with Gasteiger partial charge >= 0.3 is 0 Å². The number of aromatic nitrogens is 1. The van der Waals surface area contributed by atoms with Gasteiger partial charge in [0.2, 0.25) is 5.56 Å². The quantitative estimate of drug-likeness (QED) is 0.882. The lowest BCUT2D eigenvalue weighted by molar-refractivity contribution is -0.00212. The molecule has 0 bridgehead atoms. The summed E-state index contributed by atoms with van der Waals surface area (Å²) in [6, 6.07) is 12.4. The number of hydrogen-bond donors (Lipinski definition) is 2. The molecule has 0 unspecified atom stereocenters. The van der Waals surface area contributed by atoms with E-state index in [9.17, 15) is 9.59 Å². The van der Waals surface area contributed by atoms with E-state index in [2.05, 4.69) is 10.3 Å². The molecule has 1 saturated carbocycles. The number of hydrogen-bond acceptors (Lipinski definition) is 3. The fourth-order valence-electron chi connectivity index (χ4n) is 4.07. The summed E-state index contributed by atoms with van der Waals surface area (Å²) in [5, 5.41) is 3.10. The zero-order chi connectivity index (χ0) is 17.3. The maximum Gasteiger partial charge on any atom is 0.268 e. The second-order valence-corrected chi connectivity index (χ2v) is 7.04. The fraction of sp³-hybridized carbons (Fsp3) is 0.400. The van der Waals surface area contributed by atoms with E-state index in [4.69, 9.17) is 4.74 Å². The van der Waals surface area contributed by atoms with Gasteiger partial charge in [0.1, 0.15) is 17.0 Å². The standard InChI is InChI=1S/C20H22N2O3/c23-18-10-6-8-15(21-18)19(24)22-16-13-20(11-4-1-5-12-20)25-17-9-3-2-7-14(16)17/h2-3,6-10,16H,1,4-5,11-13H2,(H,21,23)(H,22,24)/t16-/m0/s1. The molecule has 25 heavy (non-hydrogen) atoms. The Morgan fingerprint density at radius 2 is 1.88 bits per heavy atom. The molecule has 5 nitrogen and oxygen atoms in total. The van der Waals surface area contributed by atoms with Crippen LogP contribution in [0.2, 0.25) is 0 Å². The minimum Gasteiger partial charge on any atom is -0.487 e. The molecule has 0 radical (unpaired) electrons. The zero-order valence-electron chi connectivity index (χ0n) is 14.1. The number of pyridine rings is 1. The van der Waals surface area contributed by atoms with Crippen molar-refractivity contribution in [3.63, 3.8) is 0 Å². The van der Waals surface area contributed by atoms with Crippen molar-refractivity contribution in [2.75, 3.05) is 0 Å². The highest BCUT2D eigenvalue weighted by molar-refractivity contribution is 5.92. The third kappa shape index (κ3) is 3.18. The lowest BCUT2D eigenvalue weighted by Gasteiger charge is -2.44. The van der Waals surface area contributed by atoms with E-state index in [1.165, 1.54) is 12.5 Å². The van der Waals surface area contributed by atoms with Gasteiger partial charge in [-0.15, -0.1) is 0 Å². The number of rotatable bonds is 2.